The smallest absolute Gasteiger partial charge is 0.335 e. The van der Waals surface area contributed by atoms with Crippen LogP contribution >= 0.6 is 0 Å². The van der Waals surface area contributed by atoms with Crippen LogP contribution in [0.15, 0.2) is 30.3 Å². The molecule has 0 atom stereocenters. The van der Waals surface area contributed by atoms with Crippen molar-refractivity contribution in [3.8, 4) is 22.6 Å². The van der Waals surface area contributed by atoms with Crippen LogP contribution in [0.2, 0.25) is 0 Å². The van der Waals surface area contributed by atoms with E-state index in [1.165, 1.54) is 0 Å². The van der Waals surface area contributed by atoms with Gasteiger partial charge in [-0.1, -0.05) is 11.6 Å². The zero-order valence-corrected chi connectivity index (χ0v) is 11.0. The number of carboxylic acids is 1. The second-order valence-electron chi connectivity index (χ2n) is 4.94. The van der Waals surface area contributed by atoms with E-state index in [4.69, 9.17) is 4.74 Å². The molecule has 20 heavy (non-hydrogen) atoms. The third kappa shape index (κ3) is 1.99. The van der Waals surface area contributed by atoms with Crippen molar-refractivity contribution in [2.75, 3.05) is 6.61 Å². The Labute approximate surface area is 116 Å². The molecule has 0 bridgehead atoms. The Kier molecular flexibility index (Phi) is 2.86. The number of phenolic OH excluding ortho intramolecular Hbond substituents is 1. The van der Waals surface area contributed by atoms with Gasteiger partial charge in [-0.2, -0.15) is 0 Å². The van der Waals surface area contributed by atoms with Crippen LogP contribution in [0.25, 0.3) is 11.1 Å². The van der Waals surface area contributed by atoms with Crippen LogP contribution in [-0.4, -0.2) is 22.8 Å². The van der Waals surface area contributed by atoms with Gasteiger partial charge in [-0.15, -0.1) is 0 Å². The standard InChI is InChI=1S/C16H14O4/c1-9-2-3-14(17)12(6-9)13-8-11(16(18)19)7-10-4-5-20-15(10)13/h2-3,6-8,17H,4-5H2,1H3,(H,18,19). The fraction of sp³-hybridized carbons (Fsp3) is 0.188. The highest BCUT2D eigenvalue weighted by molar-refractivity contribution is 5.92. The number of aromatic carboxylic acids is 1. The molecule has 2 aromatic rings. The number of carboxylic acid groups (broad SMARTS) is 1. The Balaban J connectivity index is 2.27. The van der Waals surface area contributed by atoms with Crippen molar-refractivity contribution in [1.82, 2.24) is 0 Å². The van der Waals surface area contributed by atoms with E-state index in [0.29, 0.717) is 29.9 Å². The van der Waals surface area contributed by atoms with Crippen molar-refractivity contribution in [2.24, 2.45) is 0 Å². The van der Waals surface area contributed by atoms with Crippen molar-refractivity contribution < 1.29 is 19.7 Å². The highest BCUT2D eigenvalue weighted by atomic mass is 16.5. The summed E-state index contributed by atoms with van der Waals surface area (Å²) in [6.45, 7) is 2.46. The first-order valence-electron chi connectivity index (χ1n) is 6.39. The van der Waals surface area contributed by atoms with Gasteiger partial charge in [0, 0.05) is 17.5 Å². The fourth-order valence-electron chi connectivity index (χ4n) is 2.50. The van der Waals surface area contributed by atoms with Gasteiger partial charge in [-0.05, 0) is 36.8 Å². The molecular weight excluding hydrogens is 256 g/mol. The first-order chi connectivity index (χ1) is 9.56. The number of carbonyl (C=O) groups is 1. The van der Waals surface area contributed by atoms with Crippen molar-refractivity contribution in [2.45, 2.75) is 13.3 Å². The summed E-state index contributed by atoms with van der Waals surface area (Å²) in [5, 5.41) is 19.3. The molecule has 3 rings (SSSR count). The summed E-state index contributed by atoms with van der Waals surface area (Å²) in [6, 6.07) is 8.45. The zero-order valence-electron chi connectivity index (χ0n) is 11.0. The highest BCUT2D eigenvalue weighted by Crippen LogP contribution is 2.41. The number of rotatable bonds is 2. The van der Waals surface area contributed by atoms with Gasteiger partial charge in [-0.3, -0.25) is 0 Å². The van der Waals surface area contributed by atoms with Gasteiger partial charge >= 0.3 is 5.97 Å². The number of phenols is 1. The van der Waals surface area contributed by atoms with Crippen LogP contribution in [0.3, 0.4) is 0 Å². The number of ether oxygens (including phenoxy) is 1. The number of hydrogen-bond acceptors (Lipinski definition) is 3. The predicted octanol–water partition coefficient (Wildman–Crippen LogP) is 3.00. The minimum Gasteiger partial charge on any atom is -0.507 e. The Bertz CT molecular complexity index is 704. The summed E-state index contributed by atoms with van der Waals surface area (Å²) < 4.78 is 5.61. The maximum absolute atomic E-state index is 11.2. The summed E-state index contributed by atoms with van der Waals surface area (Å²) in [6.07, 6.45) is 0.691. The molecule has 4 heteroatoms. The van der Waals surface area contributed by atoms with Gasteiger partial charge in [0.2, 0.25) is 0 Å². The van der Waals surface area contributed by atoms with Gasteiger partial charge in [0.15, 0.2) is 0 Å². The van der Waals surface area contributed by atoms with E-state index in [-0.39, 0.29) is 11.3 Å². The van der Waals surface area contributed by atoms with E-state index in [2.05, 4.69) is 0 Å². The average molecular weight is 270 g/mol. The van der Waals surface area contributed by atoms with E-state index in [1.54, 1.807) is 24.3 Å². The van der Waals surface area contributed by atoms with Crippen molar-refractivity contribution in [3.05, 3.63) is 47.0 Å². The molecule has 0 aromatic heterocycles. The molecule has 1 heterocycles. The molecule has 0 saturated heterocycles. The summed E-state index contributed by atoms with van der Waals surface area (Å²) in [5.74, 6) is -0.181. The van der Waals surface area contributed by atoms with E-state index in [0.717, 1.165) is 11.1 Å². The third-order valence-electron chi connectivity index (χ3n) is 3.47. The molecule has 1 aliphatic heterocycles. The Morgan fingerprint density at radius 1 is 1.20 bits per heavy atom. The Hall–Kier alpha value is -2.49. The quantitative estimate of drug-likeness (QED) is 0.880. The molecule has 4 nitrogen and oxygen atoms in total. The lowest BCUT2D eigenvalue weighted by atomic mass is 9.96. The van der Waals surface area contributed by atoms with Crippen LogP contribution in [-0.2, 0) is 6.42 Å². The van der Waals surface area contributed by atoms with Crippen molar-refractivity contribution in [1.29, 1.82) is 0 Å². The number of aromatic hydroxyl groups is 1. The Morgan fingerprint density at radius 2 is 2.00 bits per heavy atom. The molecule has 0 spiro atoms. The summed E-state index contributed by atoms with van der Waals surface area (Å²) in [7, 11) is 0. The van der Waals surface area contributed by atoms with Crippen LogP contribution < -0.4 is 4.74 Å². The Morgan fingerprint density at radius 3 is 2.75 bits per heavy atom. The maximum Gasteiger partial charge on any atom is 0.335 e. The summed E-state index contributed by atoms with van der Waals surface area (Å²) in [4.78, 5) is 11.2. The normalized spacial score (nSPS) is 12.8. The van der Waals surface area contributed by atoms with Gasteiger partial charge in [0.1, 0.15) is 11.5 Å². The second kappa shape index (κ2) is 4.56. The van der Waals surface area contributed by atoms with Crippen LogP contribution in [0.1, 0.15) is 21.5 Å². The van der Waals surface area contributed by atoms with E-state index < -0.39 is 5.97 Å². The largest absolute Gasteiger partial charge is 0.507 e. The molecule has 0 unspecified atom stereocenters. The summed E-state index contributed by atoms with van der Waals surface area (Å²) >= 11 is 0. The van der Waals surface area contributed by atoms with E-state index >= 15 is 0 Å². The monoisotopic (exact) mass is 270 g/mol. The van der Waals surface area contributed by atoms with Gasteiger partial charge < -0.3 is 14.9 Å². The van der Waals surface area contributed by atoms with E-state index in [9.17, 15) is 15.0 Å². The first kappa shape index (κ1) is 12.5. The van der Waals surface area contributed by atoms with Crippen molar-refractivity contribution >= 4 is 5.97 Å². The molecule has 2 N–H and O–H groups in total. The minimum absolute atomic E-state index is 0.121. The molecule has 0 saturated carbocycles. The van der Waals surface area contributed by atoms with Crippen LogP contribution in [0.4, 0.5) is 0 Å². The van der Waals surface area contributed by atoms with Gasteiger partial charge in [0.05, 0.1) is 12.2 Å². The molecule has 0 aliphatic carbocycles. The first-order valence-corrected chi connectivity index (χ1v) is 6.39. The molecule has 2 aromatic carbocycles. The molecule has 0 radical (unpaired) electrons. The van der Waals surface area contributed by atoms with Gasteiger partial charge in [-0.25, -0.2) is 4.79 Å². The van der Waals surface area contributed by atoms with Crippen molar-refractivity contribution in [3.63, 3.8) is 0 Å². The number of fused-ring (bicyclic) bond motifs is 1. The SMILES string of the molecule is Cc1ccc(O)c(-c2cc(C(=O)O)cc3c2OCC3)c1. The molecular formula is C16H14O4. The predicted molar refractivity (Wildman–Crippen MR) is 74.4 cm³/mol. The zero-order chi connectivity index (χ0) is 14.3. The van der Waals surface area contributed by atoms with Crippen LogP contribution in [0, 0.1) is 6.92 Å². The number of benzene rings is 2. The van der Waals surface area contributed by atoms with Crippen LogP contribution in [0.5, 0.6) is 11.5 Å². The second-order valence-corrected chi connectivity index (χ2v) is 4.94. The topological polar surface area (TPSA) is 66.8 Å². The fourth-order valence-corrected chi connectivity index (χ4v) is 2.50. The maximum atomic E-state index is 11.2. The molecule has 0 amide bonds. The lowest BCUT2D eigenvalue weighted by Crippen LogP contribution is -1.98. The highest BCUT2D eigenvalue weighted by Gasteiger charge is 2.22. The summed E-state index contributed by atoms with van der Waals surface area (Å²) in [5.41, 5.74) is 3.32. The average Bonchev–Trinajstić information content (AvgIpc) is 2.88. The van der Waals surface area contributed by atoms with E-state index in [1.807, 2.05) is 13.0 Å². The third-order valence-corrected chi connectivity index (χ3v) is 3.47. The molecule has 102 valence electrons. The van der Waals surface area contributed by atoms with Gasteiger partial charge in [0.25, 0.3) is 0 Å². The molecule has 0 fully saturated rings. The number of hydrogen-bond donors (Lipinski definition) is 2. The minimum atomic E-state index is -0.979. The lowest BCUT2D eigenvalue weighted by molar-refractivity contribution is 0.0697. The molecule has 1 aliphatic rings. The number of aryl methyl sites for hydroxylation is 1. The lowest BCUT2D eigenvalue weighted by Gasteiger charge is -2.12.